The first-order chi connectivity index (χ1) is 7.78. The smallest absolute Gasteiger partial charge is 0.229 e. The Morgan fingerprint density at radius 2 is 1.88 bits per heavy atom. The number of hydrogen-bond donors (Lipinski definition) is 3. The monoisotopic (exact) mass is 215 g/mol. The molecule has 0 saturated heterocycles. The minimum atomic E-state index is 0.552. The van der Waals surface area contributed by atoms with Gasteiger partial charge in [0, 0.05) is 24.6 Å². The number of anilines is 4. The minimum absolute atomic E-state index is 0.552. The molecule has 0 radical (unpaired) electrons. The van der Waals surface area contributed by atoms with Crippen molar-refractivity contribution in [1.82, 2.24) is 9.97 Å². The second-order valence-electron chi connectivity index (χ2n) is 3.26. The first kappa shape index (κ1) is 10.2. The lowest BCUT2D eigenvalue weighted by Gasteiger charge is -2.06. The minimum Gasteiger partial charge on any atom is -0.399 e. The first-order valence-corrected chi connectivity index (χ1v) is 4.91. The van der Waals surface area contributed by atoms with Crippen LogP contribution in [0.2, 0.25) is 0 Å². The Kier molecular flexibility index (Phi) is 2.86. The van der Waals surface area contributed by atoms with Crippen molar-refractivity contribution in [2.75, 3.05) is 23.4 Å². The molecule has 0 amide bonds. The van der Waals surface area contributed by atoms with Gasteiger partial charge in [0.15, 0.2) is 0 Å². The molecule has 0 spiro atoms. The number of aromatic nitrogens is 2. The van der Waals surface area contributed by atoms with Crippen LogP contribution in [0.1, 0.15) is 0 Å². The van der Waals surface area contributed by atoms with Gasteiger partial charge in [-0.3, -0.25) is 0 Å². The maximum absolute atomic E-state index is 5.60. The highest BCUT2D eigenvalue weighted by Gasteiger charge is 1.98. The molecule has 82 valence electrons. The quantitative estimate of drug-likeness (QED) is 0.681. The van der Waals surface area contributed by atoms with E-state index in [-0.39, 0.29) is 0 Å². The molecular formula is C11H13N5. The molecule has 0 atom stereocenters. The fourth-order valence-corrected chi connectivity index (χ4v) is 1.25. The fourth-order valence-electron chi connectivity index (χ4n) is 1.25. The van der Waals surface area contributed by atoms with Crippen LogP contribution in [0.25, 0.3) is 0 Å². The van der Waals surface area contributed by atoms with Gasteiger partial charge in [0.25, 0.3) is 0 Å². The summed E-state index contributed by atoms with van der Waals surface area (Å²) in [4.78, 5) is 8.36. The predicted molar refractivity (Wildman–Crippen MR) is 65.7 cm³/mol. The molecule has 0 aliphatic heterocycles. The van der Waals surface area contributed by atoms with Crippen LogP contribution in [-0.4, -0.2) is 17.0 Å². The summed E-state index contributed by atoms with van der Waals surface area (Å²) < 4.78 is 0. The van der Waals surface area contributed by atoms with Gasteiger partial charge in [-0.05, 0) is 30.3 Å². The van der Waals surface area contributed by atoms with E-state index < -0.39 is 0 Å². The van der Waals surface area contributed by atoms with Crippen molar-refractivity contribution in [2.45, 2.75) is 0 Å². The SMILES string of the molecule is CNc1ccnc(Nc2ccc(N)cc2)n1. The molecule has 1 aromatic heterocycles. The van der Waals surface area contributed by atoms with E-state index in [2.05, 4.69) is 20.6 Å². The van der Waals surface area contributed by atoms with Crippen molar-refractivity contribution >= 4 is 23.1 Å². The molecular weight excluding hydrogens is 202 g/mol. The third-order valence-electron chi connectivity index (χ3n) is 2.08. The zero-order valence-electron chi connectivity index (χ0n) is 8.94. The van der Waals surface area contributed by atoms with Crippen molar-refractivity contribution < 1.29 is 0 Å². The van der Waals surface area contributed by atoms with Crippen LogP contribution in [0.5, 0.6) is 0 Å². The largest absolute Gasteiger partial charge is 0.399 e. The van der Waals surface area contributed by atoms with Gasteiger partial charge in [0.05, 0.1) is 0 Å². The lowest BCUT2D eigenvalue weighted by atomic mass is 10.3. The van der Waals surface area contributed by atoms with Gasteiger partial charge in [0.1, 0.15) is 5.82 Å². The molecule has 5 nitrogen and oxygen atoms in total. The summed E-state index contributed by atoms with van der Waals surface area (Å²) >= 11 is 0. The fraction of sp³-hybridized carbons (Fsp3) is 0.0909. The average Bonchev–Trinajstić information content (AvgIpc) is 2.32. The van der Waals surface area contributed by atoms with E-state index in [9.17, 15) is 0 Å². The van der Waals surface area contributed by atoms with E-state index in [4.69, 9.17) is 5.73 Å². The Labute approximate surface area is 93.7 Å². The number of nitrogens with two attached hydrogens (primary N) is 1. The van der Waals surface area contributed by atoms with Crippen LogP contribution in [0.3, 0.4) is 0 Å². The molecule has 1 heterocycles. The molecule has 0 fully saturated rings. The number of nitrogen functional groups attached to an aromatic ring is 1. The lowest BCUT2D eigenvalue weighted by Crippen LogP contribution is -1.99. The van der Waals surface area contributed by atoms with E-state index in [0.717, 1.165) is 17.2 Å². The topological polar surface area (TPSA) is 75.9 Å². The van der Waals surface area contributed by atoms with Gasteiger partial charge in [0.2, 0.25) is 5.95 Å². The van der Waals surface area contributed by atoms with Crippen molar-refractivity contribution in [3.05, 3.63) is 36.5 Å². The van der Waals surface area contributed by atoms with Crippen molar-refractivity contribution in [2.24, 2.45) is 0 Å². The molecule has 0 aliphatic rings. The summed E-state index contributed by atoms with van der Waals surface area (Å²) in [5, 5.41) is 6.04. The van der Waals surface area contributed by atoms with Crippen LogP contribution >= 0.6 is 0 Å². The van der Waals surface area contributed by atoms with Gasteiger partial charge >= 0.3 is 0 Å². The predicted octanol–water partition coefficient (Wildman–Crippen LogP) is 1.84. The van der Waals surface area contributed by atoms with Gasteiger partial charge in [-0.1, -0.05) is 0 Å². The van der Waals surface area contributed by atoms with Gasteiger partial charge in [-0.25, -0.2) is 4.98 Å². The first-order valence-electron chi connectivity index (χ1n) is 4.91. The highest BCUT2D eigenvalue weighted by molar-refractivity contribution is 5.57. The summed E-state index contributed by atoms with van der Waals surface area (Å²) in [6.45, 7) is 0. The van der Waals surface area contributed by atoms with Crippen LogP contribution in [0, 0.1) is 0 Å². The van der Waals surface area contributed by atoms with E-state index in [0.29, 0.717) is 5.95 Å². The van der Waals surface area contributed by atoms with E-state index in [1.54, 1.807) is 12.3 Å². The summed E-state index contributed by atoms with van der Waals surface area (Å²) in [6.07, 6.45) is 1.69. The Morgan fingerprint density at radius 1 is 1.12 bits per heavy atom. The second-order valence-corrected chi connectivity index (χ2v) is 3.26. The number of nitrogens with zero attached hydrogens (tertiary/aromatic N) is 2. The second kappa shape index (κ2) is 4.48. The summed E-state index contributed by atoms with van der Waals surface area (Å²) in [7, 11) is 1.81. The third kappa shape index (κ3) is 2.38. The summed E-state index contributed by atoms with van der Waals surface area (Å²) in [6, 6.07) is 9.21. The average molecular weight is 215 g/mol. The number of nitrogens with one attached hydrogen (secondary N) is 2. The van der Waals surface area contributed by atoms with E-state index in [1.165, 1.54) is 0 Å². The molecule has 2 rings (SSSR count). The molecule has 16 heavy (non-hydrogen) atoms. The molecule has 0 bridgehead atoms. The van der Waals surface area contributed by atoms with Crippen LogP contribution in [0.4, 0.5) is 23.1 Å². The zero-order valence-corrected chi connectivity index (χ0v) is 8.94. The Bertz CT molecular complexity index is 466. The zero-order chi connectivity index (χ0) is 11.4. The highest BCUT2D eigenvalue weighted by atomic mass is 15.1. The number of benzene rings is 1. The molecule has 5 heteroatoms. The molecule has 0 aliphatic carbocycles. The van der Waals surface area contributed by atoms with Crippen molar-refractivity contribution in [3.63, 3.8) is 0 Å². The maximum Gasteiger partial charge on any atom is 0.229 e. The van der Waals surface area contributed by atoms with E-state index in [1.807, 2.05) is 31.3 Å². The summed E-state index contributed by atoms with van der Waals surface area (Å²) in [5.41, 5.74) is 7.23. The molecule has 2 aromatic rings. The molecule has 4 N–H and O–H groups in total. The van der Waals surface area contributed by atoms with E-state index >= 15 is 0 Å². The Morgan fingerprint density at radius 3 is 2.56 bits per heavy atom. The number of hydrogen-bond acceptors (Lipinski definition) is 5. The van der Waals surface area contributed by atoms with Gasteiger partial charge < -0.3 is 16.4 Å². The van der Waals surface area contributed by atoms with Crippen molar-refractivity contribution in [1.29, 1.82) is 0 Å². The molecule has 0 unspecified atom stereocenters. The molecule has 0 saturated carbocycles. The highest BCUT2D eigenvalue weighted by Crippen LogP contribution is 2.15. The van der Waals surface area contributed by atoms with Crippen LogP contribution in [-0.2, 0) is 0 Å². The van der Waals surface area contributed by atoms with Crippen molar-refractivity contribution in [3.8, 4) is 0 Å². The van der Waals surface area contributed by atoms with Gasteiger partial charge in [-0.2, -0.15) is 4.98 Å². The Balaban J connectivity index is 2.16. The lowest BCUT2D eigenvalue weighted by molar-refractivity contribution is 1.16. The standard InChI is InChI=1S/C11H13N5/c1-13-10-6-7-14-11(16-10)15-9-4-2-8(12)3-5-9/h2-7H,12H2,1H3,(H2,13,14,15,16). The molecule has 1 aromatic carbocycles. The van der Waals surface area contributed by atoms with Crippen LogP contribution < -0.4 is 16.4 Å². The Hall–Kier alpha value is -2.30. The maximum atomic E-state index is 5.60. The van der Waals surface area contributed by atoms with Gasteiger partial charge in [-0.15, -0.1) is 0 Å². The summed E-state index contributed by atoms with van der Waals surface area (Å²) in [5.74, 6) is 1.32. The third-order valence-corrected chi connectivity index (χ3v) is 2.08. The van der Waals surface area contributed by atoms with Crippen LogP contribution in [0.15, 0.2) is 36.5 Å². The normalized spacial score (nSPS) is 9.81. The number of rotatable bonds is 3.